The van der Waals surface area contributed by atoms with Crippen LogP contribution in [0.5, 0.6) is 11.5 Å². The summed E-state index contributed by atoms with van der Waals surface area (Å²) in [7, 11) is 0. The van der Waals surface area contributed by atoms with Gasteiger partial charge in [-0.25, -0.2) is 14.8 Å². The molecule has 1 aromatic heterocycles. The van der Waals surface area contributed by atoms with E-state index in [0.29, 0.717) is 19.4 Å². The van der Waals surface area contributed by atoms with Gasteiger partial charge in [0.15, 0.2) is 0 Å². The van der Waals surface area contributed by atoms with Crippen molar-refractivity contribution < 1.29 is 19.4 Å². The quantitative estimate of drug-likeness (QED) is 0.441. The summed E-state index contributed by atoms with van der Waals surface area (Å²) in [6.07, 6.45) is 2.05. The van der Waals surface area contributed by atoms with Crippen molar-refractivity contribution in [3.8, 4) is 11.5 Å². The fraction of sp³-hybridized carbons (Fsp3) is 0.320. The van der Waals surface area contributed by atoms with Gasteiger partial charge in [0.25, 0.3) is 0 Å². The number of hydrogen-bond acceptors (Lipinski definition) is 5. The van der Waals surface area contributed by atoms with Crippen molar-refractivity contribution in [2.75, 3.05) is 0 Å². The maximum absolute atomic E-state index is 10.7. The number of nitrogens with one attached hydrogen (secondary N) is 1. The van der Waals surface area contributed by atoms with E-state index in [9.17, 15) is 4.79 Å². The lowest BCUT2D eigenvalue weighted by Crippen LogP contribution is -2.48. The second-order valence-corrected chi connectivity index (χ2v) is 8.98. The highest BCUT2D eigenvalue weighted by Gasteiger charge is 2.32. The van der Waals surface area contributed by atoms with Gasteiger partial charge < -0.3 is 19.9 Å². The molecule has 4 rings (SSSR count). The standard InChI is InChI=1S/C25H26ClN3O4/c1-25(2,16-3-7-20(8-4-16)32-15-18-11-12-27-23(26)28-18)17-5-9-21(10-6-17)33-22-13-19(14-22)29-24(30)31/h3-12,19,22,29H,13-15H2,1-2H3,(H,30,31). The van der Waals surface area contributed by atoms with Crippen LogP contribution in [0.1, 0.15) is 43.5 Å². The first-order valence-corrected chi connectivity index (χ1v) is 11.1. The smallest absolute Gasteiger partial charge is 0.404 e. The molecule has 1 aliphatic carbocycles. The van der Waals surface area contributed by atoms with E-state index in [2.05, 4.69) is 53.4 Å². The predicted octanol–water partition coefficient (Wildman–Crippen LogP) is 5.21. The zero-order valence-electron chi connectivity index (χ0n) is 18.5. The number of nitrogens with zero attached hydrogens (tertiary/aromatic N) is 2. The first-order valence-electron chi connectivity index (χ1n) is 10.8. The van der Waals surface area contributed by atoms with Gasteiger partial charge in [0.2, 0.25) is 5.28 Å². The van der Waals surface area contributed by atoms with E-state index in [0.717, 1.165) is 28.3 Å². The number of halogens is 1. The molecule has 0 saturated heterocycles. The highest BCUT2D eigenvalue weighted by atomic mass is 35.5. The van der Waals surface area contributed by atoms with Crippen molar-refractivity contribution in [2.24, 2.45) is 0 Å². The van der Waals surface area contributed by atoms with Crippen molar-refractivity contribution in [3.63, 3.8) is 0 Å². The Labute approximate surface area is 197 Å². The summed E-state index contributed by atoms with van der Waals surface area (Å²) in [6.45, 7) is 4.67. The minimum Gasteiger partial charge on any atom is -0.490 e. The zero-order chi connectivity index (χ0) is 23.4. The first-order chi connectivity index (χ1) is 15.8. The zero-order valence-corrected chi connectivity index (χ0v) is 19.2. The minimum atomic E-state index is -0.986. The Morgan fingerprint density at radius 2 is 1.67 bits per heavy atom. The second kappa shape index (κ2) is 9.67. The highest BCUT2D eigenvalue weighted by Crippen LogP contribution is 2.34. The van der Waals surface area contributed by atoms with Crippen LogP contribution in [0.25, 0.3) is 0 Å². The third kappa shape index (κ3) is 5.73. The van der Waals surface area contributed by atoms with E-state index in [-0.39, 0.29) is 22.8 Å². The molecule has 0 aliphatic heterocycles. The van der Waals surface area contributed by atoms with Crippen LogP contribution in [0.2, 0.25) is 5.28 Å². The summed E-state index contributed by atoms with van der Waals surface area (Å²) in [4.78, 5) is 18.7. The van der Waals surface area contributed by atoms with Crippen molar-refractivity contribution in [3.05, 3.63) is 82.9 Å². The van der Waals surface area contributed by atoms with Gasteiger partial charge in [-0.2, -0.15) is 0 Å². The van der Waals surface area contributed by atoms with E-state index in [4.69, 9.17) is 26.2 Å². The van der Waals surface area contributed by atoms with Gasteiger partial charge in [0.1, 0.15) is 24.2 Å². The number of aromatic nitrogens is 2. The van der Waals surface area contributed by atoms with Crippen LogP contribution >= 0.6 is 11.6 Å². The van der Waals surface area contributed by atoms with E-state index in [1.54, 1.807) is 12.3 Å². The van der Waals surface area contributed by atoms with Crippen molar-refractivity contribution in [1.82, 2.24) is 15.3 Å². The fourth-order valence-corrected chi connectivity index (χ4v) is 4.00. The third-order valence-electron chi connectivity index (χ3n) is 5.95. The van der Waals surface area contributed by atoms with Gasteiger partial charge in [0.05, 0.1) is 5.69 Å². The first kappa shape index (κ1) is 22.9. The molecule has 0 unspecified atom stereocenters. The summed E-state index contributed by atoms with van der Waals surface area (Å²) in [5, 5.41) is 11.4. The lowest BCUT2D eigenvalue weighted by Gasteiger charge is -2.35. The number of ether oxygens (including phenoxy) is 2. The Morgan fingerprint density at radius 1 is 1.06 bits per heavy atom. The van der Waals surface area contributed by atoms with Crippen LogP contribution < -0.4 is 14.8 Å². The molecule has 2 N–H and O–H groups in total. The van der Waals surface area contributed by atoms with Gasteiger partial charge in [0, 0.05) is 30.5 Å². The normalized spacial score (nSPS) is 17.7. The number of carboxylic acid groups (broad SMARTS) is 1. The molecule has 1 amide bonds. The summed E-state index contributed by atoms with van der Waals surface area (Å²) in [5.74, 6) is 1.55. The van der Waals surface area contributed by atoms with Gasteiger partial charge in [-0.15, -0.1) is 0 Å². The molecule has 3 aromatic rings. The average Bonchev–Trinajstić information content (AvgIpc) is 2.77. The largest absolute Gasteiger partial charge is 0.490 e. The van der Waals surface area contributed by atoms with Gasteiger partial charge >= 0.3 is 6.09 Å². The molecule has 7 nitrogen and oxygen atoms in total. The average molecular weight is 468 g/mol. The van der Waals surface area contributed by atoms with Crippen molar-refractivity contribution in [1.29, 1.82) is 0 Å². The number of hydrogen-bond donors (Lipinski definition) is 2. The topological polar surface area (TPSA) is 93.6 Å². The third-order valence-corrected chi connectivity index (χ3v) is 6.13. The monoisotopic (exact) mass is 467 g/mol. The van der Waals surface area contributed by atoms with Crippen molar-refractivity contribution in [2.45, 2.75) is 50.9 Å². The lowest BCUT2D eigenvalue weighted by molar-refractivity contribution is 0.0833. The molecule has 1 heterocycles. The van der Waals surface area contributed by atoms with Crippen LogP contribution in [0.3, 0.4) is 0 Å². The number of benzene rings is 2. The highest BCUT2D eigenvalue weighted by molar-refractivity contribution is 6.28. The number of carbonyl (C=O) groups is 1. The van der Waals surface area contributed by atoms with Gasteiger partial charge in [-0.05, 0) is 53.1 Å². The Bertz CT molecular complexity index is 1100. The summed E-state index contributed by atoms with van der Waals surface area (Å²) in [6, 6.07) is 17.9. The molecule has 0 spiro atoms. The van der Waals surface area contributed by atoms with Crippen LogP contribution in [0, 0.1) is 0 Å². The van der Waals surface area contributed by atoms with E-state index in [1.807, 2.05) is 24.3 Å². The second-order valence-electron chi connectivity index (χ2n) is 8.64. The molecular formula is C25H26ClN3O4. The molecule has 0 bridgehead atoms. The SMILES string of the molecule is CC(C)(c1ccc(OCc2ccnc(Cl)n2)cc1)c1ccc(OC2CC(NC(=O)O)C2)cc1. The molecule has 2 aromatic carbocycles. The van der Waals surface area contributed by atoms with E-state index in [1.165, 1.54) is 0 Å². The maximum atomic E-state index is 10.7. The van der Waals surface area contributed by atoms with Gasteiger partial charge in [-0.1, -0.05) is 38.1 Å². The Balaban J connectivity index is 1.34. The van der Waals surface area contributed by atoms with Gasteiger partial charge in [-0.3, -0.25) is 0 Å². The molecule has 1 fully saturated rings. The Morgan fingerprint density at radius 3 is 2.24 bits per heavy atom. The van der Waals surface area contributed by atoms with E-state index < -0.39 is 6.09 Å². The Kier molecular flexibility index (Phi) is 6.70. The van der Waals surface area contributed by atoms with Crippen LogP contribution in [-0.4, -0.2) is 33.3 Å². The van der Waals surface area contributed by atoms with Crippen LogP contribution in [0.4, 0.5) is 4.79 Å². The Hall–Kier alpha value is -3.32. The molecular weight excluding hydrogens is 442 g/mol. The predicted molar refractivity (Wildman–Crippen MR) is 125 cm³/mol. The van der Waals surface area contributed by atoms with Crippen LogP contribution in [-0.2, 0) is 12.0 Å². The maximum Gasteiger partial charge on any atom is 0.404 e. The minimum absolute atomic E-state index is 0.0172. The van der Waals surface area contributed by atoms with E-state index >= 15 is 0 Å². The number of amides is 1. The summed E-state index contributed by atoms with van der Waals surface area (Å²) in [5.41, 5.74) is 2.84. The molecule has 172 valence electrons. The fourth-order valence-electron chi connectivity index (χ4n) is 3.84. The molecule has 0 atom stereocenters. The molecule has 1 saturated carbocycles. The molecule has 8 heteroatoms. The molecule has 1 aliphatic rings. The lowest BCUT2D eigenvalue weighted by atomic mass is 9.78. The summed E-state index contributed by atoms with van der Waals surface area (Å²) < 4.78 is 11.8. The van der Waals surface area contributed by atoms with Crippen LogP contribution in [0.15, 0.2) is 60.8 Å². The number of rotatable bonds is 8. The van der Waals surface area contributed by atoms with Crippen molar-refractivity contribution >= 4 is 17.7 Å². The molecule has 33 heavy (non-hydrogen) atoms. The molecule has 0 radical (unpaired) electrons. The summed E-state index contributed by atoms with van der Waals surface area (Å²) >= 11 is 5.81.